The van der Waals surface area contributed by atoms with Crippen molar-refractivity contribution < 1.29 is 4.39 Å². The third kappa shape index (κ3) is 2.66. The molecule has 0 saturated carbocycles. The van der Waals surface area contributed by atoms with Crippen LogP contribution in [0.1, 0.15) is 17.2 Å². The van der Waals surface area contributed by atoms with Crippen molar-refractivity contribution in [3.05, 3.63) is 81.9 Å². The number of aromatic nitrogens is 3. The largest absolute Gasteiger partial charge is 0.324 e. The summed E-state index contributed by atoms with van der Waals surface area (Å²) >= 11 is 12.3. The van der Waals surface area contributed by atoms with E-state index in [2.05, 4.69) is 15.4 Å². The molecule has 1 aliphatic heterocycles. The fourth-order valence-electron chi connectivity index (χ4n) is 2.70. The smallest absolute Gasteiger partial charge is 0.226 e. The van der Waals surface area contributed by atoms with Crippen molar-refractivity contribution in [2.24, 2.45) is 0 Å². The number of nitrogens with zero attached hydrogens (tertiary/aromatic N) is 3. The van der Waals surface area contributed by atoms with Crippen molar-refractivity contribution >= 4 is 34.8 Å². The van der Waals surface area contributed by atoms with Gasteiger partial charge in [-0.25, -0.2) is 9.07 Å². The van der Waals surface area contributed by atoms with Gasteiger partial charge in [0.25, 0.3) is 0 Å². The van der Waals surface area contributed by atoms with Gasteiger partial charge in [0.1, 0.15) is 18.2 Å². The molecule has 0 fully saturated rings. The van der Waals surface area contributed by atoms with Crippen molar-refractivity contribution in [3.8, 4) is 0 Å². The lowest BCUT2D eigenvalue weighted by atomic mass is 10.0. The van der Waals surface area contributed by atoms with Crippen LogP contribution in [0.25, 0.3) is 5.70 Å². The van der Waals surface area contributed by atoms with Gasteiger partial charge in [-0.15, -0.1) is 0 Å². The number of halogens is 3. The second-order valence-corrected chi connectivity index (χ2v) is 6.20. The molecule has 0 amide bonds. The van der Waals surface area contributed by atoms with E-state index in [0.29, 0.717) is 16.0 Å². The van der Waals surface area contributed by atoms with E-state index in [0.717, 1.165) is 16.8 Å². The topological polar surface area (TPSA) is 42.7 Å². The maximum Gasteiger partial charge on any atom is 0.226 e. The summed E-state index contributed by atoms with van der Waals surface area (Å²) in [6.45, 7) is 0. The van der Waals surface area contributed by atoms with Crippen LogP contribution in [0.2, 0.25) is 10.0 Å². The number of hydrogen-bond acceptors (Lipinski definition) is 3. The number of hydrogen-bond donors (Lipinski definition) is 1. The minimum Gasteiger partial charge on any atom is -0.324 e. The van der Waals surface area contributed by atoms with E-state index >= 15 is 0 Å². The first-order valence-corrected chi connectivity index (χ1v) is 7.96. The third-order valence-corrected chi connectivity index (χ3v) is 4.39. The lowest BCUT2D eigenvalue weighted by Gasteiger charge is -2.24. The standard InChI is InChI=1S/C17H11Cl2FN4/c18-11-3-6-13(14(19)7-11)15-8-16(10-1-4-12(20)5-2-10)24-17(23-15)21-9-22-24/h1-9,16H,(H,21,22,23)/t16-/m0/s1. The van der Waals surface area contributed by atoms with Gasteiger partial charge in [0, 0.05) is 16.3 Å². The fraction of sp³-hybridized carbons (Fsp3) is 0.0588. The molecule has 0 saturated heterocycles. The summed E-state index contributed by atoms with van der Waals surface area (Å²) in [5.41, 5.74) is 2.50. The molecule has 4 nitrogen and oxygen atoms in total. The van der Waals surface area contributed by atoms with Gasteiger partial charge in [-0.1, -0.05) is 35.3 Å². The Morgan fingerprint density at radius 3 is 2.62 bits per heavy atom. The Bertz CT molecular complexity index is 934. The molecule has 7 heteroatoms. The predicted octanol–water partition coefficient (Wildman–Crippen LogP) is 4.78. The number of fused-ring (bicyclic) bond motifs is 1. The molecule has 3 aromatic rings. The van der Waals surface area contributed by atoms with Gasteiger partial charge in [0.05, 0.1) is 5.02 Å². The molecule has 1 N–H and O–H groups in total. The second kappa shape index (κ2) is 5.92. The monoisotopic (exact) mass is 360 g/mol. The molecule has 1 aliphatic rings. The lowest BCUT2D eigenvalue weighted by Crippen LogP contribution is -2.20. The first kappa shape index (κ1) is 15.2. The van der Waals surface area contributed by atoms with Gasteiger partial charge in [0.15, 0.2) is 0 Å². The quantitative estimate of drug-likeness (QED) is 0.714. The fourth-order valence-corrected chi connectivity index (χ4v) is 3.21. The molecule has 0 aliphatic carbocycles. The number of allylic oxidation sites excluding steroid dienone is 1. The molecule has 2 heterocycles. The lowest BCUT2D eigenvalue weighted by molar-refractivity contribution is 0.603. The normalized spacial score (nSPS) is 16.3. The highest BCUT2D eigenvalue weighted by Crippen LogP contribution is 2.35. The Balaban J connectivity index is 1.82. The van der Waals surface area contributed by atoms with Crippen LogP contribution in [-0.4, -0.2) is 14.8 Å². The van der Waals surface area contributed by atoms with Crippen LogP contribution < -0.4 is 5.32 Å². The Kier molecular flexibility index (Phi) is 3.75. The first-order chi connectivity index (χ1) is 11.6. The molecule has 0 spiro atoms. The van der Waals surface area contributed by atoms with Gasteiger partial charge in [-0.05, 0) is 42.0 Å². The molecule has 24 heavy (non-hydrogen) atoms. The van der Waals surface area contributed by atoms with Gasteiger partial charge in [-0.3, -0.25) is 0 Å². The van der Waals surface area contributed by atoms with Gasteiger partial charge in [-0.2, -0.15) is 10.1 Å². The summed E-state index contributed by atoms with van der Waals surface area (Å²) in [6, 6.07) is 11.4. The summed E-state index contributed by atoms with van der Waals surface area (Å²) in [7, 11) is 0. The van der Waals surface area contributed by atoms with Crippen molar-refractivity contribution in [2.45, 2.75) is 6.04 Å². The van der Waals surface area contributed by atoms with E-state index in [1.165, 1.54) is 18.5 Å². The van der Waals surface area contributed by atoms with Crippen molar-refractivity contribution in [1.82, 2.24) is 14.8 Å². The number of rotatable bonds is 2. The molecule has 0 radical (unpaired) electrons. The number of anilines is 1. The highest BCUT2D eigenvalue weighted by molar-refractivity contribution is 6.35. The zero-order chi connectivity index (χ0) is 16.7. The minimum atomic E-state index is -0.281. The summed E-state index contributed by atoms with van der Waals surface area (Å²) in [6.07, 6.45) is 3.45. The van der Waals surface area contributed by atoms with Crippen molar-refractivity contribution in [3.63, 3.8) is 0 Å². The van der Waals surface area contributed by atoms with Gasteiger partial charge < -0.3 is 5.32 Å². The average Bonchev–Trinajstić information content (AvgIpc) is 3.03. The first-order valence-electron chi connectivity index (χ1n) is 7.21. The third-order valence-electron chi connectivity index (χ3n) is 3.84. The summed E-state index contributed by atoms with van der Waals surface area (Å²) in [5.74, 6) is 0.310. The minimum absolute atomic E-state index is 0.217. The Morgan fingerprint density at radius 2 is 1.88 bits per heavy atom. The molecular formula is C17H11Cl2FN4. The average molecular weight is 361 g/mol. The van der Waals surface area contributed by atoms with Crippen LogP contribution in [0.15, 0.2) is 54.9 Å². The van der Waals surface area contributed by atoms with Crippen LogP contribution >= 0.6 is 23.2 Å². The number of nitrogens with one attached hydrogen (secondary N) is 1. The van der Waals surface area contributed by atoms with Crippen LogP contribution in [0.5, 0.6) is 0 Å². The summed E-state index contributed by atoms with van der Waals surface area (Å²) < 4.78 is 15.0. The molecule has 2 aromatic carbocycles. The van der Waals surface area contributed by atoms with E-state index in [9.17, 15) is 4.39 Å². The molecule has 1 atom stereocenters. The molecular weight excluding hydrogens is 350 g/mol. The number of benzene rings is 2. The maximum atomic E-state index is 13.2. The van der Waals surface area contributed by atoms with E-state index in [-0.39, 0.29) is 11.9 Å². The Hall–Kier alpha value is -2.37. The van der Waals surface area contributed by atoms with Crippen LogP contribution in [-0.2, 0) is 0 Å². The zero-order valence-corrected chi connectivity index (χ0v) is 13.8. The highest BCUT2D eigenvalue weighted by atomic mass is 35.5. The van der Waals surface area contributed by atoms with E-state index in [1.807, 2.05) is 12.1 Å². The predicted molar refractivity (Wildman–Crippen MR) is 92.6 cm³/mol. The van der Waals surface area contributed by atoms with Crippen LogP contribution in [0.4, 0.5) is 10.3 Å². The van der Waals surface area contributed by atoms with E-state index < -0.39 is 0 Å². The molecule has 120 valence electrons. The molecule has 4 rings (SSSR count). The Morgan fingerprint density at radius 1 is 1.08 bits per heavy atom. The second-order valence-electron chi connectivity index (χ2n) is 5.35. The Labute approximate surface area is 147 Å². The van der Waals surface area contributed by atoms with Gasteiger partial charge >= 0.3 is 0 Å². The summed E-state index contributed by atoms with van der Waals surface area (Å²) in [5, 5.41) is 8.57. The molecule has 0 bridgehead atoms. The SMILES string of the molecule is Fc1ccc([C@@H]2C=C(c3ccc(Cl)cc3Cl)Nc3ncnn32)cc1. The highest BCUT2D eigenvalue weighted by Gasteiger charge is 2.24. The zero-order valence-electron chi connectivity index (χ0n) is 12.2. The van der Waals surface area contributed by atoms with Crippen LogP contribution in [0, 0.1) is 5.82 Å². The van der Waals surface area contributed by atoms with Gasteiger partial charge in [0.2, 0.25) is 5.95 Å². The van der Waals surface area contributed by atoms with E-state index in [4.69, 9.17) is 23.2 Å². The molecule has 1 aromatic heterocycles. The molecule has 0 unspecified atom stereocenters. The van der Waals surface area contributed by atoms with Crippen molar-refractivity contribution in [1.29, 1.82) is 0 Å². The summed E-state index contributed by atoms with van der Waals surface area (Å²) in [4.78, 5) is 4.23. The van der Waals surface area contributed by atoms with E-state index in [1.54, 1.807) is 28.9 Å². The van der Waals surface area contributed by atoms with Crippen molar-refractivity contribution in [2.75, 3.05) is 5.32 Å². The van der Waals surface area contributed by atoms with Crippen LogP contribution in [0.3, 0.4) is 0 Å². The maximum absolute atomic E-state index is 13.2.